The van der Waals surface area contributed by atoms with E-state index in [1.807, 2.05) is 12.1 Å². The molecule has 0 spiro atoms. The molecule has 0 saturated heterocycles. The van der Waals surface area contributed by atoms with Gasteiger partial charge < -0.3 is 19.2 Å². The first-order valence-corrected chi connectivity index (χ1v) is 7.53. The van der Waals surface area contributed by atoms with Gasteiger partial charge in [0.1, 0.15) is 11.3 Å². The second kappa shape index (κ2) is 6.90. The molecule has 4 nitrogen and oxygen atoms in total. The molecule has 2 aromatic rings. The molecular formula is C15H23N3OS. The Morgan fingerprint density at radius 1 is 1.35 bits per heavy atom. The zero-order valence-electron chi connectivity index (χ0n) is 12.5. The fraction of sp³-hybridized carbons (Fsp3) is 0.533. The zero-order chi connectivity index (χ0) is 14.5. The summed E-state index contributed by atoms with van der Waals surface area (Å²) in [6, 6.07) is 6.11. The molecule has 5 heteroatoms. The number of benzene rings is 1. The predicted molar refractivity (Wildman–Crippen MR) is 86.1 cm³/mol. The molecule has 0 amide bonds. The van der Waals surface area contributed by atoms with E-state index in [2.05, 4.69) is 41.5 Å². The number of hydrogen-bond donors (Lipinski definition) is 1. The summed E-state index contributed by atoms with van der Waals surface area (Å²) in [6.07, 6.45) is 2.08. The Balaban J connectivity index is 2.27. The fourth-order valence-corrected chi connectivity index (χ4v) is 2.54. The summed E-state index contributed by atoms with van der Waals surface area (Å²) in [6.45, 7) is 4.81. The number of aromatic amines is 1. The third-order valence-corrected chi connectivity index (χ3v) is 3.54. The molecule has 1 aromatic carbocycles. The van der Waals surface area contributed by atoms with Gasteiger partial charge in [0.15, 0.2) is 4.77 Å². The Labute approximate surface area is 125 Å². The van der Waals surface area contributed by atoms with Crippen LogP contribution in [-0.2, 0) is 6.54 Å². The van der Waals surface area contributed by atoms with Crippen molar-refractivity contribution in [1.29, 1.82) is 0 Å². The minimum Gasteiger partial charge on any atom is -0.491 e. The normalized spacial score (nSPS) is 11.4. The van der Waals surface area contributed by atoms with E-state index in [0.717, 1.165) is 54.1 Å². The fourth-order valence-electron chi connectivity index (χ4n) is 2.25. The van der Waals surface area contributed by atoms with E-state index in [4.69, 9.17) is 17.0 Å². The lowest BCUT2D eigenvalue weighted by molar-refractivity contribution is 0.320. The summed E-state index contributed by atoms with van der Waals surface area (Å²) in [4.78, 5) is 5.47. The smallest absolute Gasteiger partial charge is 0.178 e. The van der Waals surface area contributed by atoms with Gasteiger partial charge in [0.2, 0.25) is 0 Å². The van der Waals surface area contributed by atoms with Crippen LogP contribution in [0.2, 0.25) is 0 Å². The Hall–Kier alpha value is -1.33. The van der Waals surface area contributed by atoms with Crippen LogP contribution < -0.4 is 4.74 Å². The highest BCUT2D eigenvalue weighted by Gasteiger charge is 2.09. The van der Waals surface area contributed by atoms with Crippen LogP contribution in [0.1, 0.15) is 19.8 Å². The van der Waals surface area contributed by atoms with Crippen molar-refractivity contribution in [3.63, 3.8) is 0 Å². The lowest BCUT2D eigenvalue weighted by Gasteiger charge is -2.10. The molecule has 1 heterocycles. The Morgan fingerprint density at radius 2 is 2.15 bits per heavy atom. The van der Waals surface area contributed by atoms with Gasteiger partial charge >= 0.3 is 0 Å². The number of H-pyrrole nitrogens is 1. The van der Waals surface area contributed by atoms with Gasteiger partial charge in [-0.25, -0.2) is 0 Å². The number of rotatable bonds is 7. The Morgan fingerprint density at radius 3 is 2.85 bits per heavy atom. The van der Waals surface area contributed by atoms with E-state index in [1.54, 1.807) is 0 Å². The standard InChI is InChI=1S/C15H23N3OS/c1-4-11-19-13-8-5-7-12-14(13)16-15(20)18(12)10-6-9-17(2)3/h5,7-8H,4,6,9-11H2,1-3H3,(H,16,20). The number of hydrogen-bond acceptors (Lipinski definition) is 3. The maximum atomic E-state index is 5.78. The van der Waals surface area contributed by atoms with E-state index in [1.165, 1.54) is 0 Å². The van der Waals surface area contributed by atoms with Crippen molar-refractivity contribution in [2.45, 2.75) is 26.3 Å². The molecule has 0 atom stereocenters. The summed E-state index contributed by atoms with van der Waals surface area (Å²) in [7, 11) is 4.18. The average Bonchev–Trinajstić information content (AvgIpc) is 2.73. The van der Waals surface area contributed by atoms with Gasteiger partial charge in [-0.1, -0.05) is 13.0 Å². The van der Waals surface area contributed by atoms with Gasteiger partial charge in [0.25, 0.3) is 0 Å². The predicted octanol–water partition coefficient (Wildman–Crippen LogP) is 3.44. The number of ether oxygens (including phenoxy) is 1. The Bertz CT molecular complexity index is 615. The minimum atomic E-state index is 0.728. The van der Waals surface area contributed by atoms with Gasteiger partial charge in [-0.15, -0.1) is 0 Å². The molecule has 0 radical (unpaired) electrons. The van der Waals surface area contributed by atoms with Crippen molar-refractivity contribution in [3.05, 3.63) is 23.0 Å². The molecule has 0 unspecified atom stereocenters. The van der Waals surface area contributed by atoms with Gasteiger partial charge in [-0.2, -0.15) is 0 Å². The summed E-state index contributed by atoms with van der Waals surface area (Å²) < 4.78 is 8.71. The quantitative estimate of drug-likeness (QED) is 0.794. The van der Waals surface area contributed by atoms with Crippen molar-refractivity contribution in [1.82, 2.24) is 14.5 Å². The van der Waals surface area contributed by atoms with Crippen molar-refractivity contribution in [3.8, 4) is 5.75 Å². The number of aryl methyl sites for hydroxylation is 1. The summed E-state index contributed by atoms with van der Waals surface area (Å²) in [5, 5.41) is 0. The number of aromatic nitrogens is 2. The van der Waals surface area contributed by atoms with Crippen molar-refractivity contribution < 1.29 is 4.74 Å². The second-order valence-corrected chi connectivity index (χ2v) is 5.62. The van der Waals surface area contributed by atoms with Crippen LogP contribution in [0.4, 0.5) is 0 Å². The maximum absolute atomic E-state index is 5.78. The number of nitrogens with zero attached hydrogens (tertiary/aromatic N) is 2. The molecule has 0 saturated carbocycles. The molecule has 1 aromatic heterocycles. The molecule has 0 aliphatic heterocycles. The van der Waals surface area contributed by atoms with E-state index < -0.39 is 0 Å². The van der Waals surface area contributed by atoms with Crippen LogP contribution >= 0.6 is 12.2 Å². The molecule has 1 N–H and O–H groups in total. The van der Waals surface area contributed by atoms with Crippen molar-refractivity contribution in [2.75, 3.05) is 27.2 Å². The van der Waals surface area contributed by atoms with Gasteiger partial charge in [-0.05, 0) is 57.8 Å². The van der Waals surface area contributed by atoms with E-state index in [-0.39, 0.29) is 0 Å². The summed E-state index contributed by atoms with van der Waals surface area (Å²) in [5.74, 6) is 0.891. The van der Waals surface area contributed by atoms with Crippen LogP contribution in [0, 0.1) is 4.77 Å². The summed E-state index contributed by atoms with van der Waals surface area (Å²) in [5.41, 5.74) is 2.14. The molecule has 2 rings (SSSR count). The SMILES string of the molecule is CCCOc1cccc2c1[nH]c(=S)n2CCCN(C)C. The lowest BCUT2D eigenvalue weighted by atomic mass is 10.3. The first-order chi connectivity index (χ1) is 9.63. The van der Waals surface area contributed by atoms with Crippen LogP contribution in [-0.4, -0.2) is 41.7 Å². The lowest BCUT2D eigenvalue weighted by Crippen LogP contribution is -2.15. The number of imidazole rings is 1. The third-order valence-electron chi connectivity index (χ3n) is 3.22. The first kappa shape index (κ1) is 15.1. The number of fused-ring (bicyclic) bond motifs is 1. The molecule has 0 aliphatic rings. The first-order valence-electron chi connectivity index (χ1n) is 7.12. The number of para-hydroxylation sites is 1. The van der Waals surface area contributed by atoms with Crippen molar-refractivity contribution in [2.24, 2.45) is 0 Å². The average molecular weight is 293 g/mol. The van der Waals surface area contributed by atoms with Crippen molar-refractivity contribution >= 4 is 23.3 Å². The van der Waals surface area contributed by atoms with E-state index in [9.17, 15) is 0 Å². The largest absolute Gasteiger partial charge is 0.491 e. The zero-order valence-corrected chi connectivity index (χ0v) is 13.3. The number of nitrogens with one attached hydrogen (secondary N) is 1. The molecule has 110 valence electrons. The molecule has 20 heavy (non-hydrogen) atoms. The highest BCUT2D eigenvalue weighted by Crippen LogP contribution is 2.25. The molecule has 0 bridgehead atoms. The van der Waals surface area contributed by atoms with E-state index >= 15 is 0 Å². The topological polar surface area (TPSA) is 33.2 Å². The highest BCUT2D eigenvalue weighted by molar-refractivity contribution is 7.71. The Kier molecular flexibility index (Phi) is 5.20. The van der Waals surface area contributed by atoms with Crippen LogP contribution in [0.25, 0.3) is 11.0 Å². The van der Waals surface area contributed by atoms with Gasteiger partial charge in [0.05, 0.1) is 12.1 Å². The van der Waals surface area contributed by atoms with Gasteiger partial charge in [0, 0.05) is 6.54 Å². The van der Waals surface area contributed by atoms with Crippen LogP contribution in [0.3, 0.4) is 0 Å². The maximum Gasteiger partial charge on any atom is 0.178 e. The second-order valence-electron chi connectivity index (χ2n) is 5.24. The summed E-state index contributed by atoms with van der Waals surface area (Å²) >= 11 is 5.44. The van der Waals surface area contributed by atoms with Crippen LogP contribution in [0.15, 0.2) is 18.2 Å². The van der Waals surface area contributed by atoms with Crippen LogP contribution in [0.5, 0.6) is 5.75 Å². The molecular weight excluding hydrogens is 270 g/mol. The van der Waals surface area contributed by atoms with Gasteiger partial charge in [-0.3, -0.25) is 0 Å². The minimum absolute atomic E-state index is 0.728. The molecule has 0 fully saturated rings. The van der Waals surface area contributed by atoms with E-state index in [0.29, 0.717) is 0 Å². The monoisotopic (exact) mass is 293 g/mol. The third kappa shape index (κ3) is 3.41. The molecule has 0 aliphatic carbocycles. The highest BCUT2D eigenvalue weighted by atomic mass is 32.1.